The summed E-state index contributed by atoms with van der Waals surface area (Å²) in [5, 5.41) is 0. The molecule has 8 heteroatoms. The van der Waals surface area contributed by atoms with Crippen LogP contribution in [-0.2, 0) is 4.74 Å². The lowest BCUT2D eigenvalue weighted by Crippen LogP contribution is -2.24. The van der Waals surface area contributed by atoms with Crippen LogP contribution in [0.15, 0.2) is 28.9 Å². The fraction of sp³-hybridized carbons (Fsp3) is 0.333. The van der Waals surface area contributed by atoms with Gasteiger partial charge in [0.2, 0.25) is 0 Å². The summed E-state index contributed by atoms with van der Waals surface area (Å²) in [6.07, 6.45) is -1.68. The predicted molar refractivity (Wildman–Crippen MR) is 94.0 cm³/mol. The molecule has 140 valence electrons. The average Bonchev–Trinajstić information content (AvgIpc) is 2.54. The molecule has 0 aliphatic rings. The summed E-state index contributed by atoms with van der Waals surface area (Å²) in [5.41, 5.74) is -1.04. The molecule has 1 aromatic heterocycles. The highest BCUT2D eigenvalue weighted by Gasteiger charge is 2.25. The number of carbonyl (C=O) groups excluding carboxylic acids is 1. The summed E-state index contributed by atoms with van der Waals surface area (Å²) in [6, 6.07) is 3.42. The minimum absolute atomic E-state index is 0.0669. The quantitative estimate of drug-likeness (QED) is 0.595. The highest BCUT2D eigenvalue weighted by Crippen LogP contribution is 2.37. The van der Waals surface area contributed by atoms with E-state index in [2.05, 4.69) is 20.9 Å². The second-order valence-electron chi connectivity index (χ2n) is 6.42. The number of esters is 1. The van der Waals surface area contributed by atoms with Gasteiger partial charge in [0, 0.05) is 11.1 Å². The Hall–Kier alpha value is -2.09. The maximum Gasteiger partial charge on any atom is 0.339 e. The molecule has 0 unspecified atom stereocenters. The van der Waals surface area contributed by atoms with Gasteiger partial charge in [0.25, 0.3) is 6.43 Å². The molecule has 0 radical (unpaired) electrons. The number of halogens is 4. The molecule has 1 aromatic carbocycles. The highest BCUT2D eigenvalue weighted by molar-refractivity contribution is 9.10. The van der Waals surface area contributed by atoms with E-state index in [1.54, 1.807) is 20.8 Å². The largest absolute Gasteiger partial charge is 0.494 e. The second-order valence-corrected chi connectivity index (χ2v) is 7.28. The van der Waals surface area contributed by atoms with Gasteiger partial charge in [0.05, 0.1) is 23.3 Å². The van der Waals surface area contributed by atoms with Gasteiger partial charge in [-0.25, -0.2) is 18.0 Å². The number of methoxy groups -OCH3 is 1. The van der Waals surface area contributed by atoms with Crippen LogP contribution in [0.2, 0.25) is 0 Å². The van der Waals surface area contributed by atoms with Crippen molar-refractivity contribution in [2.45, 2.75) is 32.8 Å². The van der Waals surface area contributed by atoms with Crippen molar-refractivity contribution in [3.63, 3.8) is 0 Å². The fourth-order valence-corrected chi connectivity index (χ4v) is 2.57. The number of pyridine rings is 1. The molecule has 0 N–H and O–H groups in total. The molecule has 0 amide bonds. The van der Waals surface area contributed by atoms with Crippen LogP contribution < -0.4 is 4.74 Å². The van der Waals surface area contributed by atoms with Crippen LogP contribution in [-0.4, -0.2) is 23.7 Å². The number of aromatic nitrogens is 1. The monoisotopic (exact) mass is 431 g/mol. The molecule has 0 saturated heterocycles. The van der Waals surface area contributed by atoms with Gasteiger partial charge >= 0.3 is 5.97 Å². The Balaban J connectivity index is 2.71. The van der Waals surface area contributed by atoms with Gasteiger partial charge in [-0.1, -0.05) is 0 Å². The first-order valence-corrected chi connectivity index (χ1v) is 8.37. The molecule has 26 heavy (non-hydrogen) atoms. The fourth-order valence-electron chi connectivity index (χ4n) is 2.22. The smallest absolute Gasteiger partial charge is 0.339 e. The van der Waals surface area contributed by atoms with Crippen LogP contribution in [0, 0.1) is 5.82 Å². The van der Waals surface area contributed by atoms with Gasteiger partial charge in [-0.05, 0) is 54.9 Å². The Labute approximate surface area is 157 Å². The number of hydrogen-bond acceptors (Lipinski definition) is 4. The van der Waals surface area contributed by atoms with Crippen molar-refractivity contribution in [1.82, 2.24) is 4.98 Å². The van der Waals surface area contributed by atoms with Gasteiger partial charge in [0.15, 0.2) is 0 Å². The zero-order valence-electron chi connectivity index (χ0n) is 14.6. The van der Waals surface area contributed by atoms with E-state index in [9.17, 15) is 18.0 Å². The van der Waals surface area contributed by atoms with Crippen molar-refractivity contribution in [3.05, 3.63) is 45.9 Å². The van der Waals surface area contributed by atoms with Gasteiger partial charge in [-0.15, -0.1) is 0 Å². The van der Waals surface area contributed by atoms with E-state index in [1.165, 1.54) is 13.2 Å². The molecular weight excluding hydrogens is 415 g/mol. The Morgan fingerprint density at radius 3 is 2.38 bits per heavy atom. The van der Waals surface area contributed by atoms with Gasteiger partial charge < -0.3 is 9.47 Å². The number of benzene rings is 1. The Bertz CT molecular complexity index is 835. The molecule has 0 bridgehead atoms. The van der Waals surface area contributed by atoms with Crippen LogP contribution in [0.1, 0.15) is 43.2 Å². The first kappa shape index (κ1) is 20.2. The summed E-state index contributed by atoms with van der Waals surface area (Å²) in [4.78, 5) is 16.2. The number of ether oxygens (including phenoxy) is 2. The molecular formula is C18H17BrF3NO3. The summed E-state index contributed by atoms with van der Waals surface area (Å²) in [7, 11) is 1.34. The highest BCUT2D eigenvalue weighted by atomic mass is 79.9. The van der Waals surface area contributed by atoms with Crippen LogP contribution in [0.3, 0.4) is 0 Å². The number of carbonyl (C=O) groups is 1. The topological polar surface area (TPSA) is 48.4 Å². The zero-order valence-corrected chi connectivity index (χ0v) is 16.2. The van der Waals surface area contributed by atoms with Crippen molar-refractivity contribution < 1.29 is 27.4 Å². The molecule has 0 atom stereocenters. The third kappa shape index (κ3) is 4.55. The first-order valence-electron chi connectivity index (χ1n) is 7.58. The lowest BCUT2D eigenvalue weighted by atomic mass is 9.98. The van der Waals surface area contributed by atoms with Crippen LogP contribution in [0.25, 0.3) is 11.1 Å². The molecule has 0 aliphatic carbocycles. The van der Waals surface area contributed by atoms with Crippen LogP contribution >= 0.6 is 15.9 Å². The van der Waals surface area contributed by atoms with Crippen molar-refractivity contribution >= 4 is 21.9 Å². The Kier molecular flexibility index (Phi) is 5.95. The average molecular weight is 432 g/mol. The molecule has 1 heterocycles. The normalized spacial score (nSPS) is 11.6. The van der Waals surface area contributed by atoms with E-state index in [0.29, 0.717) is 0 Å². The van der Waals surface area contributed by atoms with Gasteiger partial charge in [-0.2, -0.15) is 0 Å². The summed E-state index contributed by atoms with van der Waals surface area (Å²) >= 11 is 3.05. The van der Waals surface area contributed by atoms with E-state index in [-0.39, 0.29) is 26.9 Å². The lowest BCUT2D eigenvalue weighted by Gasteiger charge is -2.21. The third-order valence-corrected chi connectivity index (χ3v) is 3.91. The van der Waals surface area contributed by atoms with Crippen molar-refractivity contribution in [3.8, 4) is 16.9 Å². The number of hydrogen-bond donors (Lipinski definition) is 0. The summed E-state index contributed by atoms with van der Waals surface area (Å²) < 4.78 is 50.7. The standard InChI is InChI=1S/C18H17BrF3NO3/c1-18(2,3)26-17(24)11-6-13(20)12(19)5-9(11)10-7-14(16(21)22)23-8-15(10)25-4/h5-8,16H,1-4H3. The van der Waals surface area contributed by atoms with E-state index in [0.717, 1.165) is 18.3 Å². The number of nitrogens with zero attached hydrogens (tertiary/aromatic N) is 1. The lowest BCUT2D eigenvalue weighted by molar-refractivity contribution is 0.00699. The maximum absolute atomic E-state index is 14.0. The maximum atomic E-state index is 14.0. The van der Waals surface area contributed by atoms with Gasteiger partial charge in [0.1, 0.15) is 22.9 Å². The minimum Gasteiger partial charge on any atom is -0.494 e. The van der Waals surface area contributed by atoms with Gasteiger partial charge in [-0.3, -0.25) is 4.98 Å². The Morgan fingerprint density at radius 1 is 1.19 bits per heavy atom. The summed E-state index contributed by atoms with van der Waals surface area (Å²) in [5.74, 6) is -1.30. The molecule has 4 nitrogen and oxygen atoms in total. The molecule has 2 rings (SSSR count). The predicted octanol–water partition coefficient (Wildman–Crippen LogP) is 5.55. The second kappa shape index (κ2) is 7.65. The number of rotatable bonds is 4. The SMILES string of the molecule is COc1cnc(C(F)F)cc1-c1cc(Br)c(F)cc1C(=O)OC(C)(C)C. The van der Waals surface area contributed by atoms with Crippen molar-refractivity contribution in [1.29, 1.82) is 0 Å². The van der Waals surface area contributed by atoms with E-state index >= 15 is 0 Å². The zero-order chi connectivity index (χ0) is 19.6. The molecule has 0 spiro atoms. The van der Waals surface area contributed by atoms with Crippen molar-refractivity contribution in [2.75, 3.05) is 7.11 Å². The van der Waals surface area contributed by atoms with E-state index < -0.39 is 29.5 Å². The first-order chi connectivity index (χ1) is 12.0. The van der Waals surface area contributed by atoms with Crippen molar-refractivity contribution in [2.24, 2.45) is 0 Å². The minimum atomic E-state index is -2.81. The molecule has 0 fully saturated rings. The van der Waals surface area contributed by atoms with E-state index in [1.807, 2.05) is 0 Å². The van der Waals surface area contributed by atoms with Crippen LogP contribution in [0.4, 0.5) is 13.2 Å². The molecule has 0 aliphatic heterocycles. The molecule has 0 saturated carbocycles. The summed E-state index contributed by atoms with van der Waals surface area (Å²) in [6.45, 7) is 5.01. The van der Waals surface area contributed by atoms with E-state index in [4.69, 9.17) is 9.47 Å². The molecule has 2 aromatic rings. The third-order valence-electron chi connectivity index (χ3n) is 3.30. The number of alkyl halides is 2. The Morgan fingerprint density at radius 2 is 1.85 bits per heavy atom. The van der Waals surface area contributed by atoms with Crippen LogP contribution in [0.5, 0.6) is 5.75 Å².